The van der Waals surface area contributed by atoms with Crippen LogP contribution in [0.4, 0.5) is 0 Å². The minimum atomic E-state index is -0.154. The van der Waals surface area contributed by atoms with Gasteiger partial charge >= 0.3 is 0 Å². The molecule has 2 N–H and O–H groups in total. The molecule has 0 radical (unpaired) electrons. The van der Waals surface area contributed by atoms with Gasteiger partial charge in [0.05, 0.1) is 18.8 Å². The highest BCUT2D eigenvalue weighted by Gasteiger charge is 2.29. The van der Waals surface area contributed by atoms with Gasteiger partial charge in [-0.25, -0.2) is 0 Å². The minimum absolute atomic E-state index is 0.0370. The molecular weight excluding hydrogens is 228 g/mol. The molecular formula is C14H30N2O2. The zero-order valence-corrected chi connectivity index (χ0v) is 12.5. The molecule has 1 unspecified atom stereocenters. The highest BCUT2D eigenvalue weighted by atomic mass is 16.5. The van der Waals surface area contributed by atoms with Gasteiger partial charge in [-0.15, -0.1) is 0 Å². The molecule has 0 amide bonds. The Morgan fingerprint density at radius 2 is 2.17 bits per heavy atom. The molecule has 1 saturated heterocycles. The van der Waals surface area contributed by atoms with Crippen LogP contribution >= 0.6 is 0 Å². The summed E-state index contributed by atoms with van der Waals surface area (Å²) in [6.45, 7) is 13.5. The molecule has 0 aromatic carbocycles. The van der Waals surface area contributed by atoms with Crippen LogP contribution in [0.1, 0.15) is 40.5 Å². The van der Waals surface area contributed by atoms with Crippen molar-refractivity contribution < 1.29 is 9.84 Å². The normalized spacial score (nSPS) is 23.8. The van der Waals surface area contributed by atoms with E-state index >= 15 is 0 Å². The summed E-state index contributed by atoms with van der Waals surface area (Å²) in [6, 6.07) is 0. The number of nitrogens with zero attached hydrogens (tertiary/aromatic N) is 1. The molecule has 1 fully saturated rings. The Balaban J connectivity index is 2.37. The first-order chi connectivity index (χ1) is 8.41. The van der Waals surface area contributed by atoms with Gasteiger partial charge in [0.2, 0.25) is 0 Å². The van der Waals surface area contributed by atoms with Gasteiger partial charge in [-0.3, -0.25) is 4.90 Å². The molecule has 4 heteroatoms. The second kappa shape index (κ2) is 6.85. The number of hydrogen-bond donors (Lipinski definition) is 2. The molecule has 1 aliphatic rings. The molecule has 0 spiro atoms. The van der Waals surface area contributed by atoms with Crippen molar-refractivity contribution in [3.8, 4) is 0 Å². The number of hydrogen-bond acceptors (Lipinski definition) is 4. The van der Waals surface area contributed by atoms with E-state index < -0.39 is 0 Å². The summed E-state index contributed by atoms with van der Waals surface area (Å²) in [7, 11) is 0. The molecule has 0 saturated carbocycles. The first-order valence-corrected chi connectivity index (χ1v) is 7.13. The number of nitrogens with one attached hydrogen (secondary N) is 1. The van der Waals surface area contributed by atoms with Crippen molar-refractivity contribution in [2.24, 2.45) is 0 Å². The summed E-state index contributed by atoms with van der Waals surface area (Å²) in [4.78, 5) is 2.44. The fraction of sp³-hybridized carbons (Fsp3) is 1.00. The zero-order valence-electron chi connectivity index (χ0n) is 12.5. The van der Waals surface area contributed by atoms with E-state index in [1.165, 1.54) is 0 Å². The summed E-state index contributed by atoms with van der Waals surface area (Å²) >= 11 is 0. The highest BCUT2D eigenvalue weighted by molar-refractivity contribution is 4.86. The summed E-state index contributed by atoms with van der Waals surface area (Å²) in [6.07, 6.45) is 2.07. The predicted molar refractivity (Wildman–Crippen MR) is 74.9 cm³/mol. The molecule has 108 valence electrons. The lowest BCUT2D eigenvalue weighted by molar-refractivity contribution is -0.0875. The predicted octanol–water partition coefficient (Wildman–Crippen LogP) is 1.24. The third kappa shape index (κ3) is 5.22. The summed E-state index contributed by atoms with van der Waals surface area (Å²) in [5.74, 6) is 0. The van der Waals surface area contributed by atoms with Crippen LogP contribution in [0.25, 0.3) is 0 Å². The smallest absolute Gasteiger partial charge is 0.0753 e. The molecule has 1 heterocycles. The van der Waals surface area contributed by atoms with Crippen LogP contribution in [0.2, 0.25) is 0 Å². The van der Waals surface area contributed by atoms with E-state index in [0.717, 1.165) is 45.6 Å². The van der Waals surface area contributed by atoms with Gasteiger partial charge in [0, 0.05) is 25.2 Å². The SMILES string of the molecule is CCCNC(C)(CO)CCN1CCOC(C)(C)C1. The Hall–Kier alpha value is -0.160. The lowest BCUT2D eigenvalue weighted by atomic mass is 9.97. The lowest BCUT2D eigenvalue weighted by Gasteiger charge is -2.40. The Labute approximate surface area is 112 Å². The monoisotopic (exact) mass is 258 g/mol. The molecule has 1 atom stereocenters. The standard InChI is InChI=1S/C14H30N2O2/c1-5-7-15-14(4,12-17)6-8-16-9-10-18-13(2,3)11-16/h15,17H,5-12H2,1-4H3. The molecule has 4 nitrogen and oxygen atoms in total. The van der Waals surface area contributed by atoms with Crippen molar-refractivity contribution in [2.45, 2.75) is 51.7 Å². The van der Waals surface area contributed by atoms with E-state index in [-0.39, 0.29) is 17.7 Å². The summed E-state index contributed by atoms with van der Waals surface area (Å²) in [5, 5.41) is 13.0. The Kier molecular flexibility index (Phi) is 6.05. The van der Waals surface area contributed by atoms with Crippen molar-refractivity contribution in [1.29, 1.82) is 0 Å². The van der Waals surface area contributed by atoms with Crippen molar-refractivity contribution in [3.05, 3.63) is 0 Å². The van der Waals surface area contributed by atoms with Gasteiger partial charge in [-0.2, -0.15) is 0 Å². The topological polar surface area (TPSA) is 44.7 Å². The van der Waals surface area contributed by atoms with E-state index in [1.54, 1.807) is 0 Å². The van der Waals surface area contributed by atoms with Crippen molar-refractivity contribution in [3.63, 3.8) is 0 Å². The lowest BCUT2D eigenvalue weighted by Crippen LogP contribution is -2.52. The van der Waals surface area contributed by atoms with Crippen LogP contribution in [0.3, 0.4) is 0 Å². The number of aliphatic hydroxyl groups is 1. The van der Waals surface area contributed by atoms with E-state index in [9.17, 15) is 5.11 Å². The molecule has 1 aliphatic heterocycles. The molecule has 1 rings (SSSR count). The van der Waals surface area contributed by atoms with Crippen molar-refractivity contribution in [1.82, 2.24) is 10.2 Å². The van der Waals surface area contributed by atoms with Crippen LogP contribution in [-0.2, 0) is 4.74 Å². The molecule has 18 heavy (non-hydrogen) atoms. The van der Waals surface area contributed by atoms with Gasteiger partial charge in [-0.05, 0) is 40.2 Å². The number of rotatable bonds is 7. The van der Waals surface area contributed by atoms with Gasteiger partial charge in [-0.1, -0.05) is 6.92 Å². The summed E-state index contributed by atoms with van der Waals surface area (Å²) in [5.41, 5.74) is -0.191. The fourth-order valence-electron chi connectivity index (χ4n) is 2.36. The highest BCUT2D eigenvalue weighted by Crippen LogP contribution is 2.18. The minimum Gasteiger partial charge on any atom is -0.394 e. The van der Waals surface area contributed by atoms with Crippen LogP contribution in [0.15, 0.2) is 0 Å². The first-order valence-electron chi connectivity index (χ1n) is 7.13. The van der Waals surface area contributed by atoms with E-state index in [1.807, 2.05) is 0 Å². The maximum Gasteiger partial charge on any atom is 0.0753 e. The van der Waals surface area contributed by atoms with E-state index in [0.29, 0.717) is 0 Å². The van der Waals surface area contributed by atoms with Crippen LogP contribution in [-0.4, -0.2) is 60.5 Å². The maximum atomic E-state index is 9.54. The van der Waals surface area contributed by atoms with Crippen molar-refractivity contribution in [2.75, 3.05) is 39.4 Å². The third-order valence-corrected chi connectivity index (χ3v) is 3.64. The number of aliphatic hydroxyl groups excluding tert-OH is 1. The average Bonchev–Trinajstić information content (AvgIpc) is 2.33. The van der Waals surface area contributed by atoms with Gasteiger partial charge in [0.15, 0.2) is 0 Å². The quantitative estimate of drug-likeness (QED) is 0.721. The van der Waals surface area contributed by atoms with Crippen LogP contribution in [0.5, 0.6) is 0 Å². The molecule has 0 aliphatic carbocycles. The second-order valence-electron chi connectivity index (χ2n) is 6.28. The number of morpholine rings is 1. The fourth-order valence-corrected chi connectivity index (χ4v) is 2.36. The van der Waals surface area contributed by atoms with Gasteiger partial charge in [0.25, 0.3) is 0 Å². The third-order valence-electron chi connectivity index (χ3n) is 3.64. The van der Waals surface area contributed by atoms with Crippen molar-refractivity contribution >= 4 is 0 Å². The molecule has 0 aromatic heterocycles. The van der Waals surface area contributed by atoms with Crippen LogP contribution in [0, 0.1) is 0 Å². The molecule has 0 bridgehead atoms. The first kappa shape index (κ1) is 15.9. The van der Waals surface area contributed by atoms with Gasteiger partial charge in [0.1, 0.15) is 0 Å². The largest absolute Gasteiger partial charge is 0.394 e. The zero-order chi connectivity index (χ0) is 13.6. The average molecular weight is 258 g/mol. The van der Waals surface area contributed by atoms with Crippen LogP contribution < -0.4 is 5.32 Å². The Morgan fingerprint density at radius 3 is 2.72 bits per heavy atom. The Morgan fingerprint density at radius 1 is 1.44 bits per heavy atom. The van der Waals surface area contributed by atoms with E-state index in [2.05, 4.69) is 37.9 Å². The summed E-state index contributed by atoms with van der Waals surface area (Å²) < 4.78 is 5.71. The van der Waals surface area contributed by atoms with E-state index in [4.69, 9.17) is 4.74 Å². The van der Waals surface area contributed by atoms with Gasteiger partial charge < -0.3 is 15.2 Å². The molecule has 0 aromatic rings. The number of ether oxygens (including phenoxy) is 1. The second-order valence-corrected chi connectivity index (χ2v) is 6.28. The Bertz CT molecular complexity index is 246. The maximum absolute atomic E-state index is 9.54.